The van der Waals surface area contributed by atoms with E-state index >= 15 is 0 Å². The number of imidazole rings is 1. The van der Waals surface area contributed by atoms with Crippen LogP contribution in [0.5, 0.6) is 0 Å². The zero-order valence-corrected chi connectivity index (χ0v) is 14.5. The van der Waals surface area contributed by atoms with Gasteiger partial charge in [-0.1, -0.05) is 6.92 Å². The summed E-state index contributed by atoms with van der Waals surface area (Å²) in [5.74, 6) is 0.729. The molecule has 8 heteroatoms. The van der Waals surface area contributed by atoms with E-state index < -0.39 is 9.84 Å². The van der Waals surface area contributed by atoms with Gasteiger partial charge in [-0.2, -0.15) is 5.10 Å². The number of alkyl halides is 1. The standard InChI is InChI=1S/C13H21ClN4O2S/c1-6-10-11-13(17(4)16-10)18(12(15-11)9(3)14)8(2)7-21(5,19)20/h8-9H,6-7H2,1-5H3. The lowest BCUT2D eigenvalue weighted by molar-refractivity contribution is 0.545. The molecule has 2 aromatic heterocycles. The second-order valence-electron chi connectivity index (χ2n) is 5.49. The summed E-state index contributed by atoms with van der Waals surface area (Å²) in [6.45, 7) is 5.72. The fourth-order valence-electron chi connectivity index (χ4n) is 2.69. The number of aromatic nitrogens is 4. The molecule has 0 saturated heterocycles. The predicted molar refractivity (Wildman–Crippen MR) is 84.6 cm³/mol. The number of hydrogen-bond donors (Lipinski definition) is 0. The fraction of sp³-hybridized carbons (Fsp3) is 0.692. The molecule has 2 rings (SSSR count). The van der Waals surface area contributed by atoms with Crippen molar-refractivity contribution in [2.24, 2.45) is 7.05 Å². The van der Waals surface area contributed by atoms with Gasteiger partial charge in [0, 0.05) is 19.3 Å². The van der Waals surface area contributed by atoms with Gasteiger partial charge in [-0.25, -0.2) is 13.4 Å². The Morgan fingerprint density at radius 1 is 1.33 bits per heavy atom. The molecule has 0 spiro atoms. The van der Waals surface area contributed by atoms with Crippen LogP contribution in [0, 0.1) is 0 Å². The lowest BCUT2D eigenvalue weighted by atomic mass is 10.3. The Morgan fingerprint density at radius 2 is 1.95 bits per heavy atom. The third-order valence-electron chi connectivity index (χ3n) is 3.44. The molecule has 0 fully saturated rings. The lowest BCUT2D eigenvalue weighted by Gasteiger charge is -2.17. The van der Waals surface area contributed by atoms with Crippen LogP contribution < -0.4 is 0 Å². The van der Waals surface area contributed by atoms with Gasteiger partial charge in [-0.3, -0.25) is 4.68 Å². The first kappa shape index (κ1) is 16.3. The van der Waals surface area contributed by atoms with Crippen LogP contribution in [-0.2, 0) is 23.3 Å². The quantitative estimate of drug-likeness (QED) is 0.787. The van der Waals surface area contributed by atoms with Gasteiger partial charge < -0.3 is 4.57 Å². The summed E-state index contributed by atoms with van der Waals surface area (Å²) in [7, 11) is -1.25. The van der Waals surface area contributed by atoms with E-state index in [1.165, 1.54) is 6.26 Å². The minimum atomic E-state index is -3.09. The average molecular weight is 333 g/mol. The molecule has 21 heavy (non-hydrogen) atoms. The van der Waals surface area contributed by atoms with Crippen LogP contribution in [0.15, 0.2) is 0 Å². The van der Waals surface area contributed by atoms with E-state index in [-0.39, 0.29) is 17.2 Å². The first-order valence-corrected chi connectivity index (χ1v) is 9.40. The highest BCUT2D eigenvalue weighted by atomic mass is 35.5. The number of nitrogens with zero attached hydrogens (tertiary/aromatic N) is 4. The zero-order valence-electron chi connectivity index (χ0n) is 13.0. The molecule has 2 aromatic rings. The summed E-state index contributed by atoms with van der Waals surface area (Å²) in [5, 5.41) is 4.15. The third kappa shape index (κ3) is 3.08. The summed E-state index contributed by atoms with van der Waals surface area (Å²) in [5.41, 5.74) is 2.53. The normalized spacial score (nSPS) is 15.5. The molecule has 2 unspecified atom stereocenters. The van der Waals surface area contributed by atoms with E-state index in [4.69, 9.17) is 11.6 Å². The van der Waals surface area contributed by atoms with Gasteiger partial charge in [0.05, 0.1) is 16.8 Å². The maximum absolute atomic E-state index is 11.6. The number of rotatable bonds is 5. The van der Waals surface area contributed by atoms with Crippen LogP contribution in [0.2, 0.25) is 0 Å². The topological polar surface area (TPSA) is 69.8 Å². The summed E-state index contributed by atoms with van der Waals surface area (Å²) in [6, 6.07) is -0.249. The molecule has 2 atom stereocenters. The number of fused-ring (bicyclic) bond motifs is 1. The van der Waals surface area contributed by atoms with Crippen LogP contribution in [0.25, 0.3) is 11.2 Å². The minimum absolute atomic E-state index is 0.0434. The van der Waals surface area contributed by atoms with Crippen LogP contribution in [0.1, 0.15) is 43.7 Å². The van der Waals surface area contributed by atoms with Crippen LogP contribution in [0.4, 0.5) is 0 Å². The van der Waals surface area contributed by atoms with E-state index in [9.17, 15) is 8.42 Å². The highest BCUT2D eigenvalue weighted by molar-refractivity contribution is 7.90. The Balaban J connectivity index is 2.69. The largest absolute Gasteiger partial charge is 0.308 e. The van der Waals surface area contributed by atoms with E-state index in [0.717, 1.165) is 23.3 Å². The van der Waals surface area contributed by atoms with Crippen molar-refractivity contribution >= 4 is 32.6 Å². The molecule has 0 bridgehead atoms. The molecule has 0 aliphatic heterocycles. The van der Waals surface area contributed by atoms with Gasteiger partial charge in [0.15, 0.2) is 5.65 Å². The van der Waals surface area contributed by atoms with Gasteiger partial charge in [0.1, 0.15) is 21.2 Å². The highest BCUT2D eigenvalue weighted by Crippen LogP contribution is 2.30. The Kier molecular flexibility index (Phi) is 4.35. The van der Waals surface area contributed by atoms with Crippen molar-refractivity contribution in [3.8, 4) is 0 Å². The van der Waals surface area contributed by atoms with Gasteiger partial charge >= 0.3 is 0 Å². The van der Waals surface area contributed by atoms with Crippen LogP contribution in [0.3, 0.4) is 0 Å². The molecular weight excluding hydrogens is 312 g/mol. The predicted octanol–water partition coefficient (Wildman–Crippen LogP) is 2.24. The smallest absolute Gasteiger partial charge is 0.159 e. The van der Waals surface area contributed by atoms with Crippen molar-refractivity contribution in [1.29, 1.82) is 0 Å². The van der Waals surface area contributed by atoms with Gasteiger partial charge in [-0.05, 0) is 20.3 Å². The van der Waals surface area contributed by atoms with Crippen molar-refractivity contribution in [1.82, 2.24) is 19.3 Å². The number of hydrogen-bond acceptors (Lipinski definition) is 4. The summed E-state index contributed by atoms with van der Waals surface area (Å²) < 4.78 is 26.9. The molecule has 6 nitrogen and oxygen atoms in total. The van der Waals surface area contributed by atoms with Gasteiger partial charge in [0.25, 0.3) is 0 Å². The Morgan fingerprint density at radius 3 is 2.43 bits per heavy atom. The average Bonchev–Trinajstić information content (AvgIpc) is 2.85. The van der Waals surface area contributed by atoms with Crippen LogP contribution >= 0.6 is 11.6 Å². The number of aryl methyl sites for hydroxylation is 2. The van der Waals surface area contributed by atoms with E-state index in [1.54, 1.807) is 4.68 Å². The molecular formula is C13H21ClN4O2S. The second kappa shape index (κ2) is 5.61. The number of halogens is 1. The Hall–Kier alpha value is -1.08. The minimum Gasteiger partial charge on any atom is -0.308 e. The maximum Gasteiger partial charge on any atom is 0.159 e. The fourth-order valence-corrected chi connectivity index (χ4v) is 3.86. The first-order chi connectivity index (χ1) is 9.65. The van der Waals surface area contributed by atoms with Gasteiger partial charge in [0.2, 0.25) is 0 Å². The Bertz CT molecular complexity index is 761. The molecule has 0 aliphatic carbocycles. The molecule has 0 amide bonds. The summed E-state index contributed by atoms with van der Waals surface area (Å²) in [4.78, 5) is 4.61. The monoisotopic (exact) mass is 332 g/mol. The lowest BCUT2D eigenvalue weighted by Crippen LogP contribution is -2.20. The van der Waals surface area contributed by atoms with E-state index in [0.29, 0.717) is 5.82 Å². The first-order valence-electron chi connectivity index (χ1n) is 6.91. The van der Waals surface area contributed by atoms with Crippen LogP contribution in [-0.4, -0.2) is 39.8 Å². The highest BCUT2D eigenvalue weighted by Gasteiger charge is 2.25. The molecule has 0 aliphatic rings. The summed E-state index contributed by atoms with van der Waals surface area (Å²) in [6.07, 6.45) is 2.01. The van der Waals surface area contributed by atoms with Gasteiger partial charge in [-0.15, -0.1) is 11.6 Å². The zero-order chi connectivity index (χ0) is 15.9. The van der Waals surface area contributed by atoms with Crippen molar-refractivity contribution in [3.05, 3.63) is 11.5 Å². The van der Waals surface area contributed by atoms with E-state index in [1.807, 2.05) is 32.4 Å². The molecule has 0 radical (unpaired) electrons. The van der Waals surface area contributed by atoms with Crippen molar-refractivity contribution in [3.63, 3.8) is 0 Å². The molecule has 118 valence electrons. The molecule has 2 heterocycles. The molecule has 0 aromatic carbocycles. The molecule has 0 N–H and O–H groups in total. The Labute approximate surface area is 130 Å². The second-order valence-corrected chi connectivity index (χ2v) is 8.33. The van der Waals surface area contributed by atoms with Crippen molar-refractivity contribution in [2.45, 2.75) is 38.6 Å². The van der Waals surface area contributed by atoms with Crippen molar-refractivity contribution in [2.75, 3.05) is 12.0 Å². The van der Waals surface area contributed by atoms with E-state index in [2.05, 4.69) is 10.1 Å². The van der Waals surface area contributed by atoms with Crippen molar-refractivity contribution < 1.29 is 8.42 Å². The third-order valence-corrected chi connectivity index (χ3v) is 4.72. The SMILES string of the molecule is CCc1nn(C)c2c1nc(C(C)Cl)n2C(C)CS(C)(=O)=O. The maximum atomic E-state index is 11.6. The molecule has 0 saturated carbocycles. The number of sulfone groups is 1. The summed E-state index contributed by atoms with van der Waals surface area (Å²) >= 11 is 6.24.